The quantitative estimate of drug-likeness (QED) is 0.884. The molecule has 5 heteroatoms. The SMILES string of the molecule is CC(=O)N1CCO[C@@H]2CCN(Cc3ccc[nH]3)CC[C@H]21. The normalized spacial score (nSPS) is 27.9. The van der Waals surface area contributed by atoms with Crippen LogP contribution in [0.25, 0.3) is 0 Å². The molecule has 0 saturated carbocycles. The molecule has 1 aromatic heterocycles. The lowest BCUT2D eigenvalue weighted by molar-refractivity contribution is -0.144. The zero-order chi connectivity index (χ0) is 13.9. The average molecular weight is 277 g/mol. The molecular formula is C15H23N3O2. The second kappa shape index (κ2) is 5.97. The molecule has 2 atom stereocenters. The van der Waals surface area contributed by atoms with E-state index in [2.05, 4.69) is 16.0 Å². The van der Waals surface area contributed by atoms with Crippen LogP contribution in [-0.2, 0) is 16.1 Å². The molecule has 2 aliphatic rings. The van der Waals surface area contributed by atoms with Gasteiger partial charge in [0.1, 0.15) is 0 Å². The number of hydrogen-bond donors (Lipinski definition) is 1. The van der Waals surface area contributed by atoms with E-state index in [0.29, 0.717) is 6.61 Å². The Morgan fingerprint density at radius 1 is 1.40 bits per heavy atom. The number of H-pyrrole nitrogens is 1. The maximum Gasteiger partial charge on any atom is 0.219 e. The van der Waals surface area contributed by atoms with Crippen molar-refractivity contribution in [2.75, 3.05) is 26.2 Å². The maximum atomic E-state index is 11.8. The first-order valence-electron chi connectivity index (χ1n) is 7.47. The van der Waals surface area contributed by atoms with Gasteiger partial charge >= 0.3 is 0 Å². The van der Waals surface area contributed by atoms with Crippen molar-refractivity contribution >= 4 is 5.91 Å². The number of carbonyl (C=O) groups is 1. The van der Waals surface area contributed by atoms with Crippen LogP contribution in [0.3, 0.4) is 0 Å². The first kappa shape index (κ1) is 13.6. The molecule has 0 aromatic carbocycles. The Bertz CT molecular complexity index is 446. The molecule has 110 valence electrons. The Labute approximate surface area is 119 Å². The number of nitrogens with one attached hydrogen (secondary N) is 1. The van der Waals surface area contributed by atoms with Crippen molar-refractivity contribution in [2.24, 2.45) is 0 Å². The van der Waals surface area contributed by atoms with Crippen molar-refractivity contribution in [3.63, 3.8) is 0 Å². The molecule has 2 aliphatic heterocycles. The highest BCUT2D eigenvalue weighted by molar-refractivity contribution is 5.73. The Kier molecular flexibility index (Phi) is 4.08. The summed E-state index contributed by atoms with van der Waals surface area (Å²) in [6, 6.07) is 4.42. The number of rotatable bonds is 2. The van der Waals surface area contributed by atoms with Crippen LogP contribution in [0.1, 0.15) is 25.5 Å². The van der Waals surface area contributed by atoms with Crippen molar-refractivity contribution in [3.05, 3.63) is 24.0 Å². The first-order valence-corrected chi connectivity index (χ1v) is 7.47. The highest BCUT2D eigenvalue weighted by Gasteiger charge is 2.35. The van der Waals surface area contributed by atoms with E-state index in [-0.39, 0.29) is 18.1 Å². The van der Waals surface area contributed by atoms with Gasteiger partial charge in [-0.25, -0.2) is 0 Å². The molecule has 1 aromatic rings. The first-order chi connectivity index (χ1) is 9.74. The Morgan fingerprint density at radius 3 is 3.00 bits per heavy atom. The van der Waals surface area contributed by atoms with Gasteiger partial charge in [-0.05, 0) is 25.0 Å². The van der Waals surface area contributed by atoms with E-state index in [4.69, 9.17) is 4.74 Å². The minimum Gasteiger partial charge on any atom is -0.374 e. The lowest BCUT2D eigenvalue weighted by Crippen LogP contribution is -2.52. The standard InChI is InChI=1S/C15H23N3O2/c1-12(19)18-9-10-20-15-5-8-17(7-4-14(15)18)11-13-3-2-6-16-13/h2-3,6,14-16H,4-5,7-11H2,1H3/t14-,15-/m1/s1. The van der Waals surface area contributed by atoms with Gasteiger partial charge in [0.05, 0.1) is 18.8 Å². The molecule has 5 nitrogen and oxygen atoms in total. The third kappa shape index (κ3) is 2.88. The molecule has 0 spiro atoms. The number of likely N-dealkylation sites (tertiary alicyclic amines) is 1. The molecule has 20 heavy (non-hydrogen) atoms. The third-order valence-electron chi connectivity index (χ3n) is 4.43. The van der Waals surface area contributed by atoms with Gasteiger partial charge in [-0.15, -0.1) is 0 Å². The highest BCUT2D eigenvalue weighted by atomic mass is 16.5. The second-order valence-corrected chi connectivity index (χ2v) is 5.74. The molecule has 0 aliphatic carbocycles. The lowest BCUT2D eigenvalue weighted by atomic mass is 10.0. The summed E-state index contributed by atoms with van der Waals surface area (Å²) in [6.45, 7) is 6.10. The maximum absolute atomic E-state index is 11.8. The molecule has 0 radical (unpaired) electrons. The molecule has 1 amide bonds. The van der Waals surface area contributed by atoms with Gasteiger partial charge in [-0.3, -0.25) is 9.69 Å². The number of fused-ring (bicyclic) bond motifs is 1. The van der Waals surface area contributed by atoms with Crippen LogP contribution in [0.4, 0.5) is 0 Å². The fraction of sp³-hybridized carbons (Fsp3) is 0.667. The van der Waals surface area contributed by atoms with Crippen molar-refractivity contribution < 1.29 is 9.53 Å². The van der Waals surface area contributed by atoms with Gasteiger partial charge in [0.15, 0.2) is 0 Å². The molecule has 1 N–H and O–H groups in total. The van der Waals surface area contributed by atoms with Crippen LogP contribution < -0.4 is 0 Å². The lowest BCUT2D eigenvalue weighted by Gasteiger charge is -2.39. The predicted molar refractivity (Wildman–Crippen MR) is 76.2 cm³/mol. The van der Waals surface area contributed by atoms with Crippen molar-refractivity contribution in [3.8, 4) is 0 Å². The van der Waals surface area contributed by atoms with Crippen molar-refractivity contribution in [1.29, 1.82) is 0 Å². The summed E-state index contributed by atoms with van der Waals surface area (Å²) in [6.07, 6.45) is 4.19. The zero-order valence-corrected chi connectivity index (χ0v) is 12.0. The summed E-state index contributed by atoms with van der Waals surface area (Å²) in [4.78, 5) is 19.5. The molecule has 0 unspecified atom stereocenters. The largest absolute Gasteiger partial charge is 0.374 e. The molecular weight excluding hydrogens is 254 g/mol. The topological polar surface area (TPSA) is 48.6 Å². The van der Waals surface area contributed by atoms with Crippen LogP contribution in [0.2, 0.25) is 0 Å². The number of carbonyl (C=O) groups excluding carboxylic acids is 1. The zero-order valence-electron chi connectivity index (χ0n) is 12.0. The van der Waals surface area contributed by atoms with E-state index in [1.807, 2.05) is 17.2 Å². The minimum absolute atomic E-state index is 0.182. The number of amides is 1. The summed E-state index contributed by atoms with van der Waals surface area (Å²) in [5, 5.41) is 0. The number of nitrogens with zero attached hydrogens (tertiary/aromatic N) is 2. The van der Waals surface area contributed by atoms with Gasteiger partial charge in [0.2, 0.25) is 5.91 Å². The third-order valence-corrected chi connectivity index (χ3v) is 4.43. The van der Waals surface area contributed by atoms with Gasteiger partial charge in [-0.2, -0.15) is 0 Å². The van der Waals surface area contributed by atoms with Crippen LogP contribution in [0.5, 0.6) is 0 Å². The summed E-state index contributed by atoms with van der Waals surface area (Å²) in [5.74, 6) is 0.182. The van der Waals surface area contributed by atoms with Gasteiger partial charge in [-0.1, -0.05) is 0 Å². The Balaban J connectivity index is 1.64. The molecule has 3 rings (SSSR count). The number of morpholine rings is 1. The molecule has 3 heterocycles. The molecule has 0 bridgehead atoms. The molecule has 2 fully saturated rings. The summed E-state index contributed by atoms with van der Waals surface area (Å²) in [7, 11) is 0. The minimum atomic E-state index is 0.182. The van der Waals surface area contributed by atoms with Gasteiger partial charge in [0.25, 0.3) is 0 Å². The van der Waals surface area contributed by atoms with E-state index in [1.54, 1.807) is 6.92 Å². The fourth-order valence-electron chi connectivity index (χ4n) is 3.39. The van der Waals surface area contributed by atoms with Gasteiger partial charge in [0, 0.05) is 45.0 Å². The number of ether oxygens (including phenoxy) is 1. The van der Waals surface area contributed by atoms with Crippen LogP contribution in [-0.4, -0.2) is 59.1 Å². The van der Waals surface area contributed by atoms with Crippen molar-refractivity contribution in [1.82, 2.24) is 14.8 Å². The summed E-state index contributed by atoms with van der Waals surface area (Å²) in [5.41, 5.74) is 1.25. The smallest absolute Gasteiger partial charge is 0.219 e. The average Bonchev–Trinajstić information content (AvgIpc) is 2.86. The second-order valence-electron chi connectivity index (χ2n) is 5.74. The van der Waals surface area contributed by atoms with Crippen LogP contribution >= 0.6 is 0 Å². The van der Waals surface area contributed by atoms with E-state index >= 15 is 0 Å². The monoisotopic (exact) mass is 277 g/mol. The van der Waals surface area contributed by atoms with E-state index in [1.165, 1.54) is 5.69 Å². The number of aromatic nitrogens is 1. The number of hydrogen-bond acceptors (Lipinski definition) is 3. The van der Waals surface area contributed by atoms with Crippen LogP contribution in [0, 0.1) is 0 Å². The number of aromatic amines is 1. The molecule has 2 saturated heterocycles. The van der Waals surface area contributed by atoms with Gasteiger partial charge < -0.3 is 14.6 Å². The summed E-state index contributed by atoms with van der Waals surface area (Å²) < 4.78 is 5.90. The fourth-order valence-corrected chi connectivity index (χ4v) is 3.39. The Morgan fingerprint density at radius 2 is 2.25 bits per heavy atom. The predicted octanol–water partition coefficient (Wildman–Crippen LogP) is 1.23. The highest BCUT2D eigenvalue weighted by Crippen LogP contribution is 2.24. The van der Waals surface area contributed by atoms with E-state index in [0.717, 1.165) is 39.0 Å². The van der Waals surface area contributed by atoms with E-state index < -0.39 is 0 Å². The summed E-state index contributed by atoms with van der Waals surface area (Å²) >= 11 is 0. The van der Waals surface area contributed by atoms with Crippen LogP contribution in [0.15, 0.2) is 18.3 Å². The van der Waals surface area contributed by atoms with E-state index in [9.17, 15) is 4.79 Å². The van der Waals surface area contributed by atoms with Crippen molar-refractivity contribution in [2.45, 2.75) is 38.5 Å². The Hall–Kier alpha value is -1.33.